The van der Waals surface area contributed by atoms with Crippen LogP contribution in [-0.4, -0.2) is 35.5 Å². The van der Waals surface area contributed by atoms with Gasteiger partial charge in [-0.3, -0.25) is 9.79 Å². The van der Waals surface area contributed by atoms with Crippen LogP contribution >= 0.6 is 11.8 Å². The first-order valence-electron chi connectivity index (χ1n) is 5.01. The third-order valence-electron chi connectivity index (χ3n) is 2.49. The Morgan fingerprint density at radius 3 is 3.14 bits per heavy atom. The molecule has 2 atom stereocenters. The van der Waals surface area contributed by atoms with Gasteiger partial charge in [-0.25, -0.2) is 0 Å². The van der Waals surface area contributed by atoms with Crippen molar-refractivity contribution >= 4 is 22.8 Å². The molecule has 0 aliphatic carbocycles. The minimum atomic E-state index is 0.137. The highest BCUT2D eigenvalue weighted by atomic mass is 32.2. The molecule has 14 heavy (non-hydrogen) atoms. The topological polar surface area (TPSA) is 53.5 Å². The first-order valence-corrected chi connectivity index (χ1v) is 6.00. The normalized spacial score (nSPS) is 31.5. The summed E-state index contributed by atoms with van der Waals surface area (Å²) in [6.07, 6.45) is 1.68. The third kappa shape index (κ3) is 2.20. The van der Waals surface area contributed by atoms with E-state index in [0.29, 0.717) is 12.5 Å². The van der Waals surface area contributed by atoms with Crippen molar-refractivity contribution in [3.8, 4) is 0 Å². The quantitative estimate of drug-likeness (QED) is 0.696. The van der Waals surface area contributed by atoms with Gasteiger partial charge in [-0.2, -0.15) is 0 Å². The van der Waals surface area contributed by atoms with Crippen molar-refractivity contribution in [1.82, 2.24) is 10.6 Å². The highest BCUT2D eigenvalue weighted by Crippen LogP contribution is 2.19. The lowest BCUT2D eigenvalue weighted by Gasteiger charge is -2.09. The number of nitrogens with zero attached hydrogens (tertiary/aromatic N) is 1. The Balaban J connectivity index is 1.83. The number of amidine groups is 1. The van der Waals surface area contributed by atoms with E-state index in [4.69, 9.17) is 0 Å². The van der Waals surface area contributed by atoms with Crippen molar-refractivity contribution in [3.63, 3.8) is 0 Å². The minimum Gasteiger partial charge on any atom is -0.360 e. The molecule has 0 aromatic carbocycles. The maximum absolute atomic E-state index is 10.9. The van der Waals surface area contributed by atoms with Gasteiger partial charge >= 0.3 is 0 Å². The minimum absolute atomic E-state index is 0.137. The molecule has 2 rings (SSSR count). The molecule has 1 saturated heterocycles. The van der Waals surface area contributed by atoms with Crippen LogP contribution < -0.4 is 10.6 Å². The number of nitrogens with one attached hydrogen (secondary N) is 2. The van der Waals surface area contributed by atoms with E-state index in [0.717, 1.165) is 23.9 Å². The van der Waals surface area contributed by atoms with Gasteiger partial charge in [0.1, 0.15) is 0 Å². The molecule has 0 radical (unpaired) electrons. The maximum atomic E-state index is 10.9. The first-order chi connectivity index (χ1) is 6.78. The summed E-state index contributed by atoms with van der Waals surface area (Å²) in [7, 11) is 0. The van der Waals surface area contributed by atoms with Gasteiger partial charge in [0.25, 0.3) is 0 Å². The molecule has 4 nitrogen and oxygen atoms in total. The summed E-state index contributed by atoms with van der Waals surface area (Å²) < 4.78 is 0. The van der Waals surface area contributed by atoms with Crippen LogP contribution in [0, 0.1) is 0 Å². The Morgan fingerprint density at radius 1 is 1.71 bits per heavy atom. The van der Waals surface area contributed by atoms with Crippen LogP contribution in [0.1, 0.15) is 19.8 Å². The average molecular weight is 213 g/mol. The number of hydrogen-bond acceptors (Lipinski definition) is 4. The molecule has 2 N–H and O–H groups in total. The average Bonchev–Trinajstić information content (AvgIpc) is 2.76. The molecule has 0 aromatic heterocycles. The molecular weight excluding hydrogens is 198 g/mol. The van der Waals surface area contributed by atoms with Gasteiger partial charge in [-0.05, 0) is 6.42 Å². The molecular formula is C9H15N3OS. The monoisotopic (exact) mass is 213 g/mol. The Morgan fingerprint density at radius 2 is 2.57 bits per heavy atom. The molecule has 0 aromatic rings. The molecule has 1 amide bonds. The summed E-state index contributed by atoms with van der Waals surface area (Å²) in [6.45, 7) is 2.88. The van der Waals surface area contributed by atoms with Gasteiger partial charge in [0.15, 0.2) is 5.17 Å². The van der Waals surface area contributed by atoms with Crippen molar-refractivity contribution in [1.29, 1.82) is 0 Å². The molecule has 2 heterocycles. The second-order valence-corrected chi connectivity index (χ2v) is 4.67. The van der Waals surface area contributed by atoms with E-state index in [-0.39, 0.29) is 11.9 Å². The van der Waals surface area contributed by atoms with E-state index in [1.54, 1.807) is 11.8 Å². The Hall–Kier alpha value is -0.710. The number of aliphatic imine (C=N–C) groups is 1. The lowest BCUT2D eigenvalue weighted by atomic mass is 10.2. The predicted molar refractivity (Wildman–Crippen MR) is 58.5 cm³/mol. The second kappa shape index (κ2) is 4.21. The fourth-order valence-electron chi connectivity index (χ4n) is 1.59. The molecule has 1 fully saturated rings. The number of amides is 1. The number of hydrogen-bond donors (Lipinski definition) is 2. The summed E-state index contributed by atoms with van der Waals surface area (Å²) in [6, 6.07) is 0.705. The molecule has 2 unspecified atom stereocenters. The van der Waals surface area contributed by atoms with Crippen molar-refractivity contribution in [2.75, 3.05) is 12.3 Å². The number of carbonyl (C=O) groups is 1. The van der Waals surface area contributed by atoms with Crippen LogP contribution in [0.5, 0.6) is 0 Å². The molecule has 0 bridgehead atoms. The van der Waals surface area contributed by atoms with Crippen LogP contribution in [0.2, 0.25) is 0 Å². The SMILES string of the molecule is CCC1CSC(NC2CNC(=O)C2)=N1. The summed E-state index contributed by atoms with van der Waals surface area (Å²) in [5, 5.41) is 7.12. The number of carbonyl (C=O) groups excluding carboxylic acids is 1. The van der Waals surface area contributed by atoms with Crippen LogP contribution in [0.15, 0.2) is 4.99 Å². The van der Waals surface area contributed by atoms with Crippen LogP contribution in [0.4, 0.5) is 0 Å². The number of rotatable bonds is 2. The summed E-state index contributed by atoms with van der Waals surface area (Å²) >= 11 is 1.76. The zero-order chi connectivity index (χ0) is 9.97. The van der Waals surface area contributed by atoms with E-state index < -0.39 is 0 Å². The predicted octanol–water partition coefficient (Wildman–Crippen LogP) is 0.346. The van der Waals surface area contributed by atoms with Crippen molar-refractivity contribution in [2.45, 2.75) is 31.8 Å². The van der Waals surface area contributed by atoms with Crippen molar-refractivity contribution in [3.05, 3.63) is 0 Å². The number of thioether (sulfide) groups is 1. The van der Waals surface area contributed by atoms with Crippen LogP contribution in [0.3, 0.4) is 0 Å². The fourth-order valence-corrected chi connectivity index (χ4v) is 2.72. The molecule has 0 spiro atoms. The molecule has 78 valence electrons. The lowest BCUT2D eigenvalue weighted by Crippen LogP contribution is -2.33. The Bertz CT molecular complexity index is 267. The standard InChI is InChI=1S/C9H15N3OS/c1-2-6-5-14-9(11-6)12-7-3-8(13)10-4-7/h6-7H,2-5H2,1H3,(H,10,13)(H,11,12). The lowest BCUT2D eigenvalue weighted by molar-refractivity contribution is -0.119. The van der Waals surface area contributed by atoms with Gasteiger partial charge in [0.05, 0.1) is 12.1 Å². The summed E-state index contributed by atoms with van der Waals surface area (Å²) in [5.74, 6) is 1.21. The zero-order valence-corrected chi connectivity index (χ0v) is 9.06. The van der Waals surface area contributed by atoms with Gasteiger partial charge < -0.3 is 10.6 Å². The van der Waals surface area contributed by atoms with E-state index >= 15 is 0 Å². The molecule has 5 heteroatoms. The second-order valence-electron chi connectivity index (χ2n) is 3.66. The van der Waals surface area contributed by atoms with E-state index in [9.17, 15) is 4.79 Å². The van der Waals surface area contributed by atoms with Gasteiger partial charge in [-0.1, -0.05) is 18.7 Å². The van der Waals surface area contributed by atoms with Gasteiger partial charge in [-0.15, -0.1) is 0 Å². The molecule has 0 saturated carbocycles. The summed E-state index contributed by atoms with van der Waals surface area (Å²) in [5.41, 5.74) is 0. The Labute approximate surface area is 87.9 Å². The smallest absolute Gasteiger partial charge is 0.222 e. The van der Waals surface area contributed by atoms with Gasteiger partial charge in [0.2, 0.25) is 5.91 Å². The highest BCUT2D eigenvalue weighted by molar-refractivity contribution is 8.14. The van der Waals surface area contributed by atoms with E-state index in [2.05, 4.69) is 22.5 Å². The van der Waals surface area contributed by atoms with E-state index in [1.165, 1.54) is 0 Å². The maximum Gasteiger partial charge on any atom is 0.222 e. The van der Waals surface area contributed by atoms with Crippen LogP contribution in [-0.2, 0) is 4.79 Å². The first kappa shape index (κ1) is 9.83. The molecule has 2 aliphatic rings. The van der Waals surface area contributed by atoms with Gasteiger partial charge in [0, 0.05) is 18.7 Å². The zero-order valence-electron chi connectivity index (χ0n) is 8.25. The third-order valence-corrected chi connectivity index (χ3v) is 3.54. The fraction of sp³-hybridized carbons (Fsp3) is 0.778. The Kier molecular flexibility index (Phi) is 2.96. The largest absolute Gasteiger partial charge is 0.360 e. The van der Waals surface area contributed by atoms with E-state index in [1.807, 2.05) is 0 Å². The highest BCUT2D eigenvalue weighted by Gasteiger charge is 2.24. The van der Waals surface area contributed by atoms with Crippen LogP contribution in [0.25, 0.3) is 0 Å². The van der Waals surface area contributed by atoms with Crippen molar-refractivity contribution < 1.29 is 4.79 Å². The van der Waals surface area contributed by atoms with Crippen molar-refractivity contribution in [2.24, 2.45) is 4.99 Å². The summed E-state index contributed by atoms with van der Waals surface area (Å²) in [4.78, 5) is 15.5. The molecule has 2 aliphatic heterocycles.